The van der Waals surface area contributed by atoms with E-state index in [9.17, 15) is 9.90 Å². The van der Waals surface area contributed by atoms with E-state index in [1.165, 1.54) is 11.3 Å². The Bertz CT molecular complexity index is 646. The zero-order chi connectivity index (χ0) is 16.9. The molecule has 0 aliphatic carbocycles. The molecule has 0 radical (unpaired) electrons. The molecule has 2 aromatic rings. The van der Waals surface area contributed by atoms with Crippen LogP contribution in [-0.4, -0.2) is 38.9 Å². The molecule has 0 atom stereocenters. The number of carbonyl (C=O) groups excluding carboxylic acids is 1. The molecule has 6 nitrogen and oxygen atoms in total. The lowest BCUT2D eigenvalue weighted by molar-refractivity contribution is 0.0903. The summed E-state index contributed by atoms with van der Waals surface area (Å²) in [6, 6.07) is 0. The van der Waals surface area contributed by atoms with Crippen LogP contribution in [0, 0.1) is 5.41 Å². The van der Waals surface area contributed by atoms with Crippen LogP contribution in [0.3, 0.4) is 0 Å². The van der Waals surface area contributed by atoms with Gasteiger partial charge >= 0.3 is 0 Å². The highest BCUT2D eigenvalue weighted by molar-refractivity contribution is 7.13. The normalized spacial score (nSPS) is 11.7. The highest BCUT2D eigenvalue weighted by atomic mass is 32.1. The second kappa shape index (κ2) is 7.70. The third-order valence-corrected chi connectivity index (χ3v) is 5.35. The van der Waals surface area contributed by atoms with E-state index < -0.39 is 0 Å². The Morgan fingerprint density at radius 3 is 2.74 bits per heavy atom. The molecule has 0 saturated carbocycles. The molecular weight excluding hydrogens is 312 g/mol. The molecule has 1 amide bonds. The highest BCUT2D eigenvalue weighted by Gasteiger charge is 2.26. The predicted molar refractivity (Wildman–Crippen MR) is 91.4 cm³/mol. The number of aromatic nitrogens is 3. The SMILES string of the molecule is CCC(CC)(CCO)CNC(=O)c1csc(-c2cnn(C)c2)n1. The molecule has 0 aliphatic rings. The minimum Gasteiger partial charge on any atom is -0.396 e. The quantitative estimate of drug-likeness (QED) is 0.776. The second-order valence-electron chi connectivity index (χ2n) is 5.80. The van der Waals surface area contributed by atoms with E-state index in [1.54, 1.807) is 16.3 Å². The lowest BCUT2D eigenvalue weighted by Gasteiger charge is -2.31. The Hall–Kier alpha value is -1.73. The van der Waals surface area contributed by atoms with Gasteiger partial charge in [0.05, 0.1) is 6.20 Å². The number of thiazole rings is 1. The molecule has 7 heteroatoms. The van der Waals surface area contributed by atoms with E-state index in [0.717, 1.165) is 23.4 Å². The van der Waals surface area contributed by atoms with Crippen LogP contribution < -0.4 is 5.32 Å². The third-order valence-electron chi connectivity index (χ3n) is 4.45. The standard InChI is InChI=1S/C16H24N4O2S/c1-4-16(5-2,6-7-21)11-17-14(22)13-10-23-15(19-13)12-8-18-20(3)9-12/h8-10,21H,4-7,11H2,1-3H3,(H,17,22). The fraction of sp³-hybridized carbons (Fsp3) is 0.562. The number of hydrogen-bond acceptors (Lipinski definition) is 5. The molecule has 0 fully saturated rings. The number of hydrogen-bond donors (Lipinski definition) is 2. The van der Waals surface area contributed by atoms with Gasteiger partial charge in [0, 0.05) is 37.3 Å². The van der Waals surface area contributed by atoms with Gasteiger partial charge < -0.3 is 10.4 Å². The van der Waals surface area contributed by atoms with Gasteiger partial charge in [0.2, 0.25) is 0 Å². The molecule has 2 aromatic heterocycles. The van der Waals surface area contributed by atoms with Crippen LogP contribution in [-0.2, 0) is 7.05 Å². The van der Waals surface area contributed by atoms with Crippen molar-refractivity contribution in [3.63, 3.8) is 0 Å². The van der Waals surface area contributed by atoms with Gasteiger partial charge in [-0.3, -0.25) is 9.48 Å². The first-order valence-corrected chi connectivity index (χ1v) is 8.75. The zero-order valence-corrected chi connectivity index (χ0v) is 14.7. The van der Waals surface area contributed by atoms with E-state index in [2.05, 4.69) is 29.2 Å². The smallest absolute Gasteiger partial charge is 0.270 e. The van der Waals surface area contributed by atoms with Gasteiger partial charge in [-0.05, 0) is 24.7 Å². The summed E-state index contributed by atoms with van der Waals surface area (Å²) < 4.78 is 1.71. The van der Waals surface area contributed by atoms with Gasteiger partial charge in [0.15, 0.2) is 0 Å². The fourth-order valence-electron chi connectivity index (χ4n) is 2.58. The molecule has 0 spiro atoms. The molecule has 2 heterocycles. The molecule has 0 aliphatic heterocycles. The molecule has 0 unspecified atom stereocenters. The number of nitrogens with one attached hydrogen (secondary N) is 1. The molecule has 23 heavy (non-hydrogen) atoms. The maximum atomic E-state index is 12.3. The van der Waals surface area contributed by atoms with Crippen molar-refractivity contribution in [2.75, 3.05) is 13.2 Å². The van der Waals surface area contributed by atoms with Crippen LogP contribution in [0.15, 0.2) is 17.8 Å². The summed E-state index contributed by atoms with van der Waals surface area (Å²) >= 11 is 1.43. The summed E-state index contributed by atoms with van der Waals surface area (Å²) in [5.41, 5.74) is 1.29. The second-order valence-corrected chi connectivity index (χ2v) is 6.66. The van der Waals surface area contributed by atoms with Crippen LogP contribution in [0.2, 0.25) is 0 Å². The van der Waals surface area contributed by atoms with Gasteiger partial charge in [0.1, 0.15) is 10.7 Å². The van der Waals surface area contributed by atoms with Gasteiger partial charge in [-0.15, -0.1) is 11.3 Å². The van der Waals surface area contributed by atoms with Crippen molar-refractivity contribution in [2.24, 2.45) is 12.5 Å². The maximum Gasteiger partial charge on any atom is 0.270 e. The van der Waals surface area contributed by atoms with Crippen LogP contribution >= 0.6 is 11.3 Å². The van der Waals surface area contributed by atoms with Gasteiger partial charge in [0.25, 0.3) is 5.91 Å². The van der Waals surface area contributed by atoms with E-state index in [1.807, 2.05) is 13.2 Å². The minimum atomic E-state index is -0.166. The zero-order valence-electron chi connectivity index (χ0n) is 13.9. The fourth-order valence-corrected chi connectivity index (χ4v) is 3.36. The van der Waals surface area contributed by atoms with Crippen molar-refractivity contribution < 1.29 is 9.90 Å². The predicted octanol–water partition coefficient (Wildman–Crippen LogP) is 2.46. The van der Waals surface area contributed by atoms with E-state index in [-0.39, 0.29) is 17.9 Å². The Morgan fingerprint density at radius 2 is 2.17 bits per heavy atom. The van der Waals surface area contributed by atoms with E-state index >= 15 is 0 Å². The Balaban J connectivity index is 2.02. The van der Waals surface area contributed by atoms with Crippen molar-refractivity contribution in [3.8, 4) is 10.6 Å². The molecule has 0 bridgehead atoms. The van der Waals surface area contributed by atoms with Gasteiger partial charge in [-0.2, -0.15) is 5.10 Å². The summed E-state index contributed by atoms with van der Waals surface area (Å²) in [7, 11) is 1.85. The number of amides is 1. The van der Waals surface area contributed by atoms with Crippen LogP contribution in [0.1, 0.15) is 43.6 Å². The monoisotopic (exact) mass is 336 g/mol. The average molecular weight is 336 g/mol. The van der Waals surface area contributed by atoms with Crippen LogP contribution in [0.25, 0.3) is 10.6 Å². The Kier molecular flexibility index (Phi) is 5.90. The van der Waals surface area contributed by atoms with Gasteiger partial charge in [-0.1, -0.05) is 13.8 Å². The minimum absolute atomic E-state index is 0.0490. The summed E-state index contributed by atoms with van der Waals surface area (Å²) in [6.45, 7) is 4.88. The van der Waals surface area contributed by atoms with Crippen LogP contribution in [0.4, 0.5) is 0 Å². The van der Waals surface area contributed by atoms with Crippen molar-refractivity contribution in [3.05, 3.63) is 23.5 Å². The number of carbonyl (C=O) groups is 1. The topological polar surface area (TPSA) is 80.0 Å². The summed E-state index contributed by atoms with van der Waals surface area (Å²) in [5.74, 6) is -0.166. The van der Waals surface area contributed by atoms with Crippen molar-refractivity contribution >= 4 is 17.2 Å². The molecular formula is C16H24N4O2S. The van der Waals surface area contributed by atoms with Crippen molar-refractivity contribution in [1.29, 1.82) is 0 Å². The number of rotatable bonds is 8. The molecule has 0 saturated heterocycles. The van der Waals surface area contributed by atoms with Crippen molar-refractivity contribution in [2.45, 2.75) is 33.1 Å². The summed E-state index contributed by atoms with van der Waals surface area (Å²) in [4.78, 5) is 16.7. The lowest BCUT2D eigenvalue weighted by Crippen LogP contribution is -2.37. The molecule has 0 aromatic carbocycles. The number of aryl methyl sites for hydroxylation is 1. The maximum absolute atomic E-state index is 12.3. The van der Waals surface area contributed by atoms with Crippen LogP contribution in [0.5, 0.6) is 0 Å². The summed E-state index contributed by atoms with van der Waals surface area (Å²) in [6.07, 6.45) is 6.14. The first-order chi connectivity index (χ1) is 11.0. The number of aliphatic hydroxyl groups is 1. The van der Waals surface area contributed by atoms with E-state index in [0.29, 0.717) is 18.7 Å². The number of nitrogens with zero attached hydrogens (tertiary/aromatic N) is 3. The Morgan fingerprint density at radius 1 is 1.43 bits per heavy atom. The Labute approximate surface area is 140 Å². The molecule has 2 rings (SSSR count). The lowest BCUT2D eigenvalue weighted by atomic mass is 9.79. The first-order valence-electron chi connectivity index (χ1n) is 7.87. The third kappa shape index (κ3) is 4.17. The van der Waals surface area contributed by atoms with E-state index in [4.69, 9.17) is 0 Å². The number of aliphatic hydroxyl groups excluding tert-OH is 1. The highest BCUT2D eigenvalue weighted by Crippen LogP contribution is 2.29. The van der Waals surface area contributed by atoms with Crippen molar-refractivity contribution in [1.82, 2.24) is 20.1 Å². The molecule has 126 valence electrons. The molecule has 2 N–H and O–H groups in total. The summed E-state index contributed by atoms with van der Waals surface area (Å²) in [5, 5.41) is 18.9. The largest absolute Gasteiger partial charge is 0.396 e. The first kappa shape index (κ1) is 17.6. The average Bonchev–Trinajstić information content (AvgIpc) is 3.20. The van der Waals surface area contributed by atoms with Gasteiger partial charge in [-0.25, -0.2) is 4.98 Å².